The van der Waals surface area contributed by atoms with Crippen molar-refractivity contribution in [3.63, 3.8) is 0 Å². The van der Waals surface area contributed by atoms with E-state index in [-0.39, 0.29) is 17.8 Å². The Morgan fingerprint density at radius 3 is 2.82 bits per heavy atom. The van der Waals surface area contributed by atoms with Gasteiger partial charge < -0.3 is 10.4 Å². The van der Waals surface area contributed by atoms with Gasteiger partial charge in [0.2, 0.25) is 5.91 Å². The topological polar surface area (TPSA) is 49.3 Å². The Morgan fingerprint density at radius 2 is 2.18 bits per heavy atom. The van der Waals surface area contributed by atoms with Gasteiger partial charge in [0, 0.05) is 11.4 Å². The molecule has 0 saturated heterocycles. The molecule has 0 aliphatic rings. The number of nitrogens with one attached hydrogen (secondary N) is 1. The number of thioether (sulfide) groups is 1. The second-order valence-corrected chi connectivity index (χ2v) is 5.42. The van der Waals surface area contributed by atoms with E-state index in [9.17, 15) is 4.79 Å². The minimum Gasteiger partial charge on any atom is -0.396 e. The molecule has 4 heteroatoms. The van der Waals surface area contributed by atoms with Gasteiger partial charge in [-0.25, -0.2) is 0 Å². The lowest BCUT2D eigenvalue weighted by molar-refractivity contribution is -0.115. The average molecular weight is 253 g/mol. The van der Waals surface area contributed by atoms with Crippen molar-refractivity contribution >= 4 is 23.4 Å². The van der Waals surface area contributed by atoms with Crippen LogP contribution in [0, 0.1) is 13.8 Å². The van der Waals surface area contributed by atoms with Gasteiger partial charge in [0.1, 0.15) is 0 Å². The van der Waals surface area contributed by atoms with Crippen LogP contribution in [0.2, 0.25) is 0 Å². The Hall–Kier alpha value is -1.00. The molecule has 0 spiro atoms. The summed E-state index contributed by atoms with van der Waals surface area (Å²) >= 11 is 1.45. The lowest BCUT2D eigenvalue weighted by atomic mass is 10.1. The fourth-order valence-corrected chi connectivity index (χ4v) is 2.10. The van der Waals surface area contributed by atoms with Gasteiger partial charge >= 0.3 is 0 Å². The summed E-state index contributed by atoms with van der Waals surface area (Å²) < 4.78 is 0. The molecule has 17 heavy (non-hydrogen) atoms. The largest absolute Gasteiger partial charge is 0.396 e. The van der Waals surface area contributed by atoms with Crippen LogP contribution in [0.25, 0.3) is 0 Å². The summed E-state index contributed by atoms with van der Waals surface area (Å²) in [6, 6.07) is 5.86. The van der Waals surface area contributed by atoms with Crippen molar-refractivity contribution in [2.45, 2.75) is 26.0 Å². The zero-order valence-corrected chi connectivity index (χ0v) is 11.3. The number of amides is 1. The number of aliphatic hydroxyl groups excluding tert-OH is 1. The van der Waals surface area contributed by atoms with Gasteiger partial charge in [0.05, 0.1) is 11.9 Å². The Balaban J connectivity index is 2.64. The minimum absolute atomic E-state index is 0.0165. The number of hydrogen-bond acceptors (Lipinski definition) is 3. The Bertz CT molecular complexity index is 393. The SMILES string of the molecule is Cc1cccc(NC(=O)C(C)SCCO)c1C. The first-order valence-electron chi connectivity index (χ1n) is 5.65. The van der Waals surface area contributed by atoms with Gasteiger partial charge in [-0.3, -0.25) is 4.79 Å². The van der Waals surface area contributed by atoms with Crippen LogP contribution in [0.1, 0.15) is 18.1 Å². The monoisotopic (exact) mass is 253 g/mol. The molecule has 0 bridgehead atoms. The van der Waals surface area contributed by atoms with Crippen LogP contribution in [0.15, 0.2) is 18.2 Å². The minimum atomic E-state index is -0.151. The molecule has 0 aliphatic heterocycles. The predicted molar refractivity (Wildman–Crippen MR) is 73.6 cm³/mol. The van der Waals surface area contributed by atoms with Crippen molar-refractivity contribution in [2.24, 2.45) is 0 Å². The highest BCUT2D eigenvalue weighted by Crippen LogP contribution is 2.19. The number of aryl methyl sites for hydroxylation is 1. The summed E-state index contributed by atoms with van der Waals surface area (Å²) in [6.45, 7) is 5.97. The van der Waals surface area contributed by atoms with E-state index in [1.807, 2.05) is 39.0 Å². The molecule has 1 amide bonds. The molecule has 2 N–H and O–H groups in total. The van der Waals surface area contributed by atoms with Crippen molar-refractivity contribution in [2.75, 3.05) is 17.7 Å². The molecule has 0 aliphatic carbocycles. The Labute approximate surface area is 107 Å². The number of benzene rings is 1. The van der Waals surface area contributed by atoms with Crippen LogP contribution in [0.4, 0.5) is 5.69 Å². The fraction of sp³-hybridized carbons (Fsp3) is 0.462. The molecule has 0 saturated carbocycles. The maximum atomic E-state index is 11.9. The van der Waals surface area contributed by atoms with E-state index in [4.69, 9.17) is 5.11 Å². The van der Waals surface area contributed by atoms with Crippen LogP contribution in [0.3, 0.4) is 0 Å². The van der Waals surface area contributed by atoms with Gasteiger partial charge in [-0.2, -0.15) is 0 Å². The third-order valence-electron chi connectivity index (χ3n) is 2.69. The normalized spacial score (nSPS) is 12.2. The summed E-state index contributed by atoms with van der Waals surface area (Å²) in [5.41, 5.74) is 3.13. The summed E-state index contributed by atoms with van der Waals surface area (Å²) in [4.78, 5) is 11.9. The molecule has 0 aromatic heterocycles. The van der Waals surface area contributed by atoms with E-state index in [0.29, 0.717) is 5.75 Å². The Morgan fingerprint density at radius 1 is 1.47 bits per heavy atom. The van der Waals surface area contributed by atoms with Crippen molar-refractivity contribution < 1.29 is 9.90 Å². The van der Waals surface area contributed by atoms with Gasteiger partial charge in [0.25, 0.3) is 0 Å². The first kappa shape index (κ1) is 14.1. The predicted octanol–water partition coefficient (Wildman–Crippen LogP) is 2.36. The molecule has 1 aromatic rings. The van der Waals surface area contributed by atoms with Crippen LogP contribution >= 0.6 is 11.8 Å². The molecule has 1 aromatic carbocycles. The zero-order valence-electron chi connectivity index (χ0n) is 10.5. The molecular formula is C13H19NO2S. The summed E-state index contributed by atoms with van der Waals surface area (Å²) in [7, 11) is 0. The first-order valence-corrected chi connectivity index (χ1v) is 6.70. The summed E-state index contributed by atoms with van der Waals surface area (Å²) in [5.74, 6) is 0.568. The van der Waals surface area contributed by atoms with Crippen LogP contribution in [0.5, 0.6) is 0 Å². The smallest absolute Gasteiger partial charge is 0.237 e. The highest BCUT2D eigenvalue weighted by molar-refractivity contribution is 8.00. The third kappa shape index (κ3) is 4.06. The number of carbonyl (C=O) groups excluding carboxylic acids is 1. The second kappa shape index (κ2) is 6.67. The molecule has 0 radical (unpaired) electrons. The van der Waals surface area contributed by atoms with Gasteiger partial charge in [-0.1, -0.05) is 12.1 Å². The lowest BCUT2D eigenvalue weighted by Gasteiger charge is -2.14. The van der Waals surface area contributed by atoms with Gasteiger partial charge in [-0.15, -0.1) is 11.8 Å². The molecule has 3 nitrogen and oxygen atoms in total. The van der Waals surface area contributed by atoms with Crippen molar-refractivity contribution in [3.05, 3.63) is 29.3 Å². The van der Waals surface area contributed by atoms with E-state index in [2.05, 4.69) is 5.32 Å². The van der Waals surface area contributed by atoms with E-state index in [1.165, 1.54) is 17.3 Å². The first-order chi connectivity index (χ1) is 8.06. The van der Waals surface area contributed by atoms with Crippen molar-refractivity contribution in [1.82, 2.24) is 0 Å². The summed E-state index contributed by atoms with van der Waals surface area (Å²) in [6.07, 6.45) is 0. The quantitative estimate of drug-likeness (QED) is 0.847. The van der Waals surface area contributed by atoms with Crippen molar-refractivity contribution in [1.29, 1.82) is 0 Å². The van der Waals surface area contributed by atoms with E-state index in [0.717, 1.165) is 11.3 Å². The number of aliphatic hydroxyl groups is 1. The third-order valence-corrected chi connectivity index (χ3v) is 3.82. The highest BCUT2D eigenvalue weighted by Gasteiger charge is 2.14. The molecule has 0 fully saturated rings. The van der Waals surface area contributed by atoms with E-state index in [1.54, 1.807) is 0 Å². The highest BCUT2D eigenvalue weighted by atomic mass is 32.2. The van der Waals surface area contributed by atoms with Crippen molar-refractivity contribution in [3.8, 4) is 0 Å². The van der Waals surface area contributed by atoms with Gasteiger partial charge in [-0.05, 0) is 38.0 Å². The maximum Gasteiger partial charge on any atom is 0.237 e. The van der Waals surface area contributed by atoms with Gasteiger partial charge in [0.15, 0.2) is 0 Å². The maximum absolute atomic E-state index is 11.9. The second-order valence-electron chi connectivity index (χ2n) is 3.97. The average Bonchev–Trinajstić information content (AvgIpc) is 2.31. The molecule has 94 valence electrons. The number of rotatable bonds is 5. The van der Waals surface area contributed by atoms with Crippen LogP contribution < -0.4 is 5.32 Å². The number of carbonyl (C=O) groups is 1. The standard InChI is InChI=1S/C13H19NO2S/c1-9-5-4-6-12(10(9)2)14-13(16)11(3)17-8-7-15/h4-6,11,15H,7-8H2,1-3H3,(H,14,16). The van der Waals surface area contributed by atoms with Crippen LogP contribution in [-0.4, -0.2) is 28.6 Å². The molecule has 0 heterocycles. The number of hydrogen-bond donors (Lipinski definition) is 2. The molecular weight excluding hydrogens is 234 g/mol. The molecule has 1 atom stereocenters. The Kier molecular flexibility index (Phi) is 5.51. The molecule has 1 rings (SSSR count). The lowest BCUT2D eigenvalue weighted by Crippen LogP contribution is -2.23. The van der Waals surface area contributed by atoms with Crippen LogP contribution in [-0.2, 0) is 4.79 Å². The fourth-order valence-electron chi connectivity index (χ4n) is 1.43. The van der Waals surface area contributed by atoms with E-state index >= 15 is 0 Å². The van der Waals surface area contributed by atoms with E-state index < -0.39 is 0 Å². The zero-order chi connectivity index (χ0) is 12.8. The summed E-state index contributed by atoms with van der Waals surface area (Å²) in [5, 5.41) is 11.5. The molecule has 1 unspecified atom stereocenters. The number of anilines is 1.